The molecule has 0 aromatic carbocycles. The summed E-state index contributed by atoms with van der Waals surface area (Å²) in [6.45, 7) is 2.13. The highest BCUT2D eigenvalue weighted by Gasteiger charge is 2.27. The van der Waals surface area contributed by atoms with E-state index in [4.69, 9.17) is 5.11 Å². The second-order valence-electron chi connectivity index (χ2n) is 4.21. The SMILES string of the molecule is C[C@@H](O)CNC(=O)NC[C@H]1CCS(=O)(=O)C1. The van der Waals surface area contributed by atoms with E-state index in [0.29, 0.717) is 13.0 Å². The molecule has 6 nitrogen and oxygen atoms in total. The fourth-order valence-corrected chi connectivity index (χ4v) is 3.43. The minimum absolute atomic E-state index is 0.0160. The van der Waals surface area contributed by atoms with Gasteiger partial charge < -0.3 is 15.7 Å². The number of aliphatic hydroxyl groups excluding tert-OH is 1. The first-order valence-electron chi connectivity index (χ1n) is 5.29. The molecule has 0 aromatic heterocycles. The molecule has 1 heterocycles. The molecular weight excluding hydrogens is 232 g/mol. The molecule has 1 fully saturated rings. The van der Waals surface area contributed by atoms with Crippen molar-refractivity contribution in [3.05, 3.63) is 0 Å². The summed E-state index contributed by atoms with van der Waals surface area (Å²) in [5.74, 6) is 0.389. The van der Waals surface area contributed by atoms with E-state index in [2.05, 4.69) is 10.6 Å². The summed E-state index contributed by atoms with van der Waals surface area (Å²) in [6.07, 6.45) is 0.0246. The molecule has 0 spiro atoms. The minimum atomic E-state index is -2.88. The molecule has 0 aliphatic carbocycles. The zero-order chi connectivity index (χ0) is 12.2. The van der Waals surface area contributed by atoms with E-state index in [1.54, 1.807) is 6.92 Å². The fourth-order valence-electron chi connectivity index (χ4n) is 1.57. The van der Waals surface area contributed by atoms with Crippen LogP contribution >= 0.6 is 0 Å². The molecule has 2 amide bonds. The third kappa shape index (κ3) is 4.80. The molecular formula is C9H18N2O4S. The number of nitrogens with one attached hydrogen (secondary N) is 2. The van der Waals surface area contributed by atoms with Gasteiger partial charge in [0, 0.05) is 13.1 Å². The zero-order valence-electron chi connectivity index (χ0n) is 9.27. The number of hydrogen-bond donors (Lipinski definition) is 3. The summed E-state index contributed by atoms with van der Waals surface area (Å²) in [5, 5.41) is 14.0. The molecule has 0 bridgehead atoms. The van der Waals surface area contributed by atoms with Gasteiger partial charge in [-0.3, -0.25) is 0 Å². The van der Waals surface area contributed by atoms with Gasteiger partial charge in [0.1, 0.15) is 0 Å². The van der Waals surface area contributed by atoms with Crippen molar-refractivity contribution >= 4 is 15.9 Å². The quantitative estimate of drug-likeness (QED) is 0.602. The molecule has 16 heavy (non-hydrogen) atoms. The largest absolute Gasteiger partial charge is 0.392 e. The summed E-state index contributed by atoms with van der Waals surface area (Å²) >= 11 is 0. The lowest BCUT2D eigenvalue weighted by Crippen LogP contribution is -2.41. The van der Waals surface area contributed by atoms with Crippen LogP contribution in [0.15, 0.2) is 0 Å². The van der Waals surface area contributed by atoms with Crippen molar-refractivity contribution in [1.29, 1.82) is 0 Å². The molecule has 1 rings (SSSR count). The van der Waals surface area contributed by atoms with Crippen LogP contribution in [0.3, 0.4) is 0 Å². The van der Waals surface area contributed by atoms with Gasteiger partial charge in [0.05, 0.1) is 17.6 Å². The van der Waals surface area contributed by atoms with Gasteiger partial charge in [0.25, 0.3) is 0 Å². The molecule has 0 radical (unpaired) electrons. The van der Waals surface area contributed by atoms with Gasteiger partial charge in [-0.15, -0.1) is 0 Å². The molecule has 7 heteroatoms. The number of aliphatic hydroxyl groups is 1. The third-order valence-electron chi connectivity index (χ3n) is 2.44. The molecule has 1 aliphatic rings. The molecule has 2 atom stereocenters. The zero-order valence-corrected chi connectivity index (χ0v) is 10.1. The van der Waals surface area contributed by atoms with Gasteiger partial charge in [-0.05, 0) is 19.3 Å². The maximum absolute atomic E-state index is 11.2. The van der Waals surface area contributed by atoms with Crippen LogP contribution in [0.4, 0.5) is 4.79 Å². The van der Waals surface area contributed by atoms with Gasteiger partial charge in [-0.1, -0.05) is 0 Å². The van der Waals surface area contributed by atoms with Crippen LogP contribution in [-0.4, -0.2) is 50.3 Å². The van der Waals surface area contributed by atoms with Crippen molar-refractivity contribution < 1.29 is 18.3 Å². The normalized spacial score (nSPS) is 25.0. The number of carbonyl (C=O) groups is 1. The van der Waals surface area contributed by atoms with Crippen molar-refractivity contribution in [2.75, 3.05) is 24.6 Å². The third-order valence-corrected chi connectivity index (χ3v) is 4.27. The molecule has 0 aromatic rings. The minimum Gasteiger partial charge on any atom is -0.392 e. The van der Waals surface area contributed by atoms with E-state index in [-0.39, 0.29) is 30.0 Å². The molecule has 0 saturated carbocycles. The van der Waals surface area contributed by atoms with Crippen LogP contribution in [0.2, 0.25) is 0 Å². The lowest BCUT2D eigenvalue weighted by atomic mass is 10.1. The van der Waals surface area contributed by atoms with Crippen molar-refractivity contribution in [1.82, 2.24) is 10.6 Å². The highest BCUT2D eigenvalue weighted by molar-refractivity contribution is 7.91. The average molecular weight is 250 g/mol. The number of rotatable bonds is 4. The predicted octanol–water partition coefficient (Wildman–Crippen LogP) is -0.899. The van der Waals surface area contributed by atoms with E-state index >= 15 is 0 Å². The maximum atomic E-state index is 11.2. The lowest BCUT2D eigenvalue weighted by Gasteiger charge is -2.11. The summed E-state index contributed by atoms with van der Waals surface area (Å²) < 4.78 is 22.3. The van der Waals surface area contributed by atoms with Crippen LogP contribution in [0.25, 0.3) is 0 Å². The van der Waals surface area contributed by atoms with Crippen molar-refractivity contribution in [2.24, 2.45) is 5.92 Å². The highest BCUT2D eigenvalue weighted by Crippen LogP contribution is 2.17. The Bertz CT molecular complexity index is 339. The van der Waals surface area contributed by atoms with Crippen LogP contribution in [0.1, 0.15) is 13.3 Å². The molecule has 1 saturated heterocycles. The monoisotopic (exact) mass is 250 g/mol. The molecule has 94 valence electrons. The Hall–Kier alpha value is -0.820. The molecule has 1 aliphatic heterocycles. The first kappa shape index (κ1) is 13.2. The second kappa shape index (κ2) is 5.49. The van der Waals surface area contributed by atoms with Gasteiger partial charge in [0.2, 0.25) is 0 Å². The Morgan fingerprint density at radius 1 is 1.50 bits per heavy atom. The van der Waals surface area contributed by atoms with E-state index in [1.807, 2.05) is 0 Å². The van der Waals surface area contributed by atoms with E-state index < -0.39 is 15.9 Å². The van der Waals surface area contributed by atoms with Crippen LogP contribution < -0.4 is 10.6 Å². The summed E-state index contributed by atoms with van der Waals surface area (Å²) in [7, 11) is -2.88. The topological polar surface area (TPSA) is 95.5 Å². The first-order chi connectivity index (χ1) is 7.39. The smallest absolute Gasteiger partial charge is 0.314 e. The van der Waals surface area contributed by atoms with Gasteiger partial charge in [0.15, 0.2) is 9.84 Å². The molecule has 0 unspecified atom stereocenters. The van der Waals surface area contributed by atoms with E-state index in [9.17, 15) is 13.2 Å². The first-order valence-corrected chi connectivity index (χ1v) is 7.11. The van der Waals surface area contributed by atoms with Gasteiger partial charge in [-0.25, -0.2) is 13.2 Å². The Morgan fingerprint density at radius 2 is 2.19 bits per heavy atom. The van der Waals surface area contributed by atoms with Crippen molar-refractivity contribution in [3.63, 3.8) is 0 Å². The van der Waals surface area contributed by atoms with Crippen molar-refractivity contribution in [2.45, 2.75) is 19.4 Å². The predicted molar refractivity (Wildman–Crippen MR) is 59.8 cm³/mol. The standard InChI is InChI=1S/C9H18N2O4S/c1-7(12)4-10-9(13)11-5-8-2-3-16(14,15)6-8/h7-8,12H,2-6H2,1H3,(H2,10,11,13)/t7-,8-/m1/s1. The summed E-state index contributed by atoms with van der Waals surface area (Å²) in [5.41, 5.74) is 0. The average Bonchev–Trinajstić information content (AvgIpc) is 2.52. The number of sulfone groups is 1. The number of carbonyl (C=O) groups excluding carboxylic acids is 1. The van der Waals surface area contributed by atoms with Crippen molar-refractivity contribution in [3.8, 4) is 0 Å². The Kier molecular flexibility index (Phi) is 4.55. The van der Waals surface area contributed by atoms with Crippen LogP contribution in [0.5, 0.6) is 0 Å². The Balaban J connectivity index is 2.18. The Labute approximate surface area is 95.3 Å². The molecule has 3 N–H and O–H groups in total. The number of amides is 2. The maximum Gasteiger partial charge on any atom is 0.314 e. The summed E-state index contributed by atoms with van der Waals surface area (Å²) in [4.78, 5) is 11.2. The second-order valence-corrected chi connectivity index (χ2v) is 6.44. The lowest BCUT2D eigenvalue weighted by molar-refractivity contribution is 0.187. The number of urea groups is 1. The fraction of sp³-hybridized carbons (Fsp3) is 0.889. The van der Waals surface area contributed by atoms with E-state index in [0.717, 1.165) is 0 Å². The van der Waals surface area contributed by atoms with Crippen LogP contribution in [-0.2, 0) is 9.84 Å². The van der Waals surface area contributed by atoms with Gasteiger partial charge in [-0.2, -0.15) is 0 Å². The van der Waals surface area contributed by atoms with Gasteiger partial charge >= 0.3 is 6.03 Å². The number of hydrogen-bond acceptors (Lipinski definition) is 4. The van der Waals surface area contributed by atoms with Crippen LogP contribution in [0, 0.1) is 5.92 Å². The summed E-state index contributed by atoms with van der Waals surface area (Å²) in [6, 6.07) is -0.370. The highest BCUT2D eigenvalue weighted by atomic mass is 32.2. The Morgan fingerprint density at radius 3 is 2.69 bits per heavy atom. The van der Waals surface area contributed by atoms with E-state index in [1.165, 1.54) is 0 Å².